The van der Waals surface area contributed by atoms with Crippen molar-refractivity contribution in [2.45, 2.75) is 32.0 Å². The lowest BCUT2D eigenvalue weighted by molar-refractivity contribution is -0.123. The molecule has 2 rings (SSSR count). The van der Waals surface area contributed by atoms with Crippen LogP contribution in [0.15, 0.2) is 12.4 Å². The van der Waals surface area contributed by atoms with E-state index in [1.165, 1.54) is 0 Å². The van der Waals surface area contributed by atoms with Crippen molar-refractivity contribution in [2.75, 3.05) is 33.5 Å². The molecular formula is C14H24N4O3. The lowest BCUT2D eigenvalue weighted by atomic mass is 10.1. The number of methoxy groups -OCH3 is 1. The first-order chi connectivity index (χ1) is 10.3. The molecule has 118 valence electrons. The summed E-state index contributed by atoms with van der Waals surface area (Å²) in [6, 6.07) is 0.234. The second-order valence-corrected chi connectivity index (χ2v) is 5.10. The van der Waals surface area contributed by atoms with Crippen molar-refractivity contribution in [3.05, 3.63) is 18.2 Å². The first-order valence-corrected chi connectivity index (χ1v) is 7.36. The van der Waals surface area contributed by atoms with Gasteiger partial charge in [0.05, 0.1) is 13.2 Å². The minimum atomic E-state index is 0.0260. The van der Waals surface area contributed by atoms with Gasteiger partial charge in [-0.05, 0) is 12.8 Å². The fraction of sp³-hybridized carbons (Fsp3) is 0.714. The van der Waals surface area contributed by atoms with Crippen molar-refractivity contribution >= 4 is 5.91 Å². The van der Waals surface area contributed by atoms with E-state index in [9.17, 15) is 4.79 Å². The third-order valence-electron chi connectivity index (χ3n) is 3.47. The van der Waals surface area contributed by atoms with Gasteiger partial charge in [-0.15, -0.1) is 0 Å². The molecule has 1 aromatic heterocycles. The summed E-state index contributed by atoms with van der Waals surface area (Å²) in [4.78, 5) is 16.3. The molecule has 1 amide bonds. The number of rotatable bonds is 8. The summed E-state index contributed by atoms with van der Waals surface area (Å²) in [5.74, 6) is 0.881. The number of carbonyl (C=O) groups is 1. The van der Waals surface area contributed by atoms with Crippen molar-refractivity contribution in [3.8, 4) is 0 Å². The van der Waals surface area contributed by atoms with Crippen LogP contribution in [0.3, 0.4) is 0 Å². The molecular weight excluding hydrogens is 272 g/mol. The molecule has 1 aromatic rings. The molecule has 0 unspecified atom stereocenters. The highest BCUT2D eigenvalue weighted by molar-refractivity contribution is 5.76. The third kappa shape index (κ3) is 5.45. The molecule has 7 heteroatoms. The van der Waals surface area contributed by atoms with Crippen molar-refractivity contribution in [3.63, 3.8) is 0 Å². The summed E-state index contributed by atoms with van der Waals surface area (Å²) >= 11 is 0. The molecule has 1 saturated heterocycles. The smallest absolute Gasteiger partial charge is 0.240 e. The molecule has 2 N–H and O–H groups in total. The quantitative estimate of drug-likeness (QED) is 0.656. The molecule has 7 nitrogen and oxygen atoms in total. The molecule has 0 saturated carbocycles. The van der Waals surface area contributed by atoms with Gasteiger partial charge in [0, 0.05) is 45.3 Å². The van der Waals surface area contributed by atoms with Crippen molar-refractivity contribution in [1.82, 2.24) is 20.2 Å². The molecule has 1 aliphatic heterocycles. The predicted molar refractivity (Wildman–Crippen MR) is 77.8 cm³/mol. The van der Waals surface area contributed by atoms with Crippen LogP contribution < -0.4 is 10.6 Å². The fourth-order valence-corrected chi connectivity index (χ4v) is 2.30. The van der Waals surface area contributed by atoms with E-state index < -0.39 is 0 Å². The largest absolute Gasteiger partial charge is 0.383 e. The predicted octanol–water partition coefficient (Wildman–Crippen LogP) is -0.0857. The minimum absolute atomic E-state index is 0.0260. The molecule has 0 bridgehead atoms. The monoisotopic (exact) mass is 296 g/mol. The number of aromatic nitrogens is 2. The van der Waals surface area contributed by atoms with Gasteiger partial charge in [0.25, 0.3) is 0 Å². The van der Waals surface area contributed by atoms with Crippen LogP contribution in [0.2, 0.25) is 0 Å². The van der Waals surface area contributed by atoms with Gasteiger partial charge < -0.3 is 24.7 Å². The van der Waals surface area contributed by atoms with Gasteiger partial charge >= 0.3 is 0 Å². The number of carbonyl (C=O) groups excluding carboxylic acids is 1. The molecule has 0 spiro atoms. The van der Waals surface area contributed by atoms with E-state index in [-0.39, 0.29) is 11.9 Å². The molecule has 0 aromatic carbocycles. The summed E-state index contributed by atoms with van der Waals surface area (Å²) in [6.45, 7) is 3.80. The Bertz CT molecular complexity index is 430. The molecule has 0 radical (unpaired) electrons. The second kappa shape index (κ2) is 8.76. The average molecular weight is 296 g/mol. The maximum atomic E-state index is 12.1. The Hall–Kier alpha value is -1.44. The highest BCUT2D eigenvalue weighted by Crippen LogP contribution is 2.06. The van der Waals surface area contributed by atoms with Gasteiger partial charge in [0.15, 0.2) is 0 Å². The van der Waals surface area contributed by atoms with Crippen LogP contribution in [0.4, 0.5) is 0 Å². The fourth-order valence-electron chi connectivity index (χ4n) is 2.30. The molecule has 1 aliphatic rings. The van der Waals surface area contributed by atoms with Crippen LogP contribution in [0.1, 0.15) is 18.7 Å². The number of ether oxygens (including phenoxy) is 2. The maximum absolute atomic E-state index is 12.1. The van der Waals surface area contributed by atoms with Crippen molar-refractivity contribution in [2.24, 2.45) is 0 Å². The van der Waals surface area contributed by atoms with E-state index in [1.807, 2.05) is 10.8 Å². The van der Waals surface area contributed by atoms with E-state index in [0.717, 1.165) is 38.4 Å². The molecule has 0 aliphatic carbocycles. The Morgan fingerprint density at radius 2 is 2.33 bits per heavy atom. The van der Waals surface area contributed by atoms with Crippen LogP contribution in [-0.4, -0.2) is 55.0 Å². The molecule has 2 heterocycles. The van der Waals surface area contributed by atoms with E-state index in [4.69, 9.17) is 9.47 Å². The second-order valence-electron chi connectivity index (χ2n) is 5.10. The number of hydrogen-bond donors (Lipinski definition) is 2. The Labute approximate surface area is 125 Å². The summed E-state index contributed by atoms with van der Waals surface area (Å²) in [5, 5.41) is 6.28. The van der Waals surface area contributed by atoms with Crippen LogP contribution in [0.5, 0.6) is 0 Å². The maximum Gasteiger partial charge on any atom is 0.240 e. The zero-order valence-electron chi connectivity index (χ0n) is 12.5. The molecule has 1 fully saturated rings. The summed E-state index contributed by atoms with van der Waals surface area (Å²) in [6.07, 6.45) is 5.33. The minimum Gasteiger partial charge on any atom is -0.383 e. The van der Waals surface area contributed by atoms with Crippen LogP contribution in [0, 0.1) is 0 Å². The topological polar surface area (TPSA) is 77.4 Å². The van der Waals surface area contributed by atoms with Crippen LogP contribution in [0.25, 0.3) is 0 Å². The first-order valence-electron chi connectivity index (χ1n) is 7.36. The van der Waals surface area contributed by atoms with Gasteiger partial charge in [0.2, 0.25) is 5.91 Å². The van der Waals surface area contributed by atoms with E-state index in [0.29, 0.717) is 19.7 Å². The van der Waals surface area contributed by atoms with E-state index in [1.54, 1.807) is 13.3 Å². The first kappa shape index (κ1) is 15.9. The average Bonchev–Trinajstić information content (AvgIpc) is 2.92. The number of hydrogen-bond acceptors (Lipinski definition) is 5. The lowest BCUT2D eigenvalue weighted by Crippen LogP contribution is -2.40. The standard InChI is InChI=1S/C14H24N4O3/c1-20-9-5-15-10-13-16-4-6-18(13)11-14(19)17-12-2-7-21-8-3-12/h4,6,12,15H,2-3,5,7-11H2,1H3,(H,17,19). The lowest BCUT2D eigenvalue weighted by Gasteiger charge is -2.23. The molecule has 0 atom stereocenters. The number of imidazole rings is 1. The van der Waals surface area contributed by atoms with Gasteiger partial charge in [-0.1, -0.05) is 0 Å². The van der Waals surface area contributed by atoms with Gasteiger partial charge in [-0.3, -0.25) is 4.79 Å². The van der Waals surface area contributed by atoms with Gasteiger partial charge in [-0.25, -0.2) is 4.98 Å². The Morgan fingerprint density at radius 3 is 3.10 bits per heavy atom. The number of amides is 1. The summed E-state index contributed by atoms with van der Waals surface area (Å²) in [7, 11) is 1.67. The summed E-state index contributed by atoms with van der Waals surface area (Å²) < 4.78 is 12.1. The highest BCUT2D eigenvalue weighted by atomic mass is 16.5. The van der Waals surface area contributed by atoms with Crippen molar-refractivity contribution in [1.29, 1.82) is 0 Å². The van der Waals surface area contributed by atoms with Crippen LogP contribution >= 0.6 is 0 Å². The van der Waals surface area contributed by atoms with E-state index in [2.05, 4.69) is 15.6 Å². The van der Waals surface area contributed by atoms with Gasteiger partial charge in [0.1, 0.15) is 12.4 Å². The Balaban J connectivity index is 1.76. The highest BCUT2D eigenvalue weighted by Gasteiger charge is 2.16. The number of nitrogens with one attached hydrogen (secondary N) is 2. The third-order valence-corrected chi connectivity index (χ3v) is 3.47. The Kier molecular flexibility index (Phi) is 6.65. The molecule has 21 heavy (non-hydrogen) atoms. The zero-order chi connectivity index (χ0) is 14.9. The van der Waals surface area contributed by atoms with Crippen LogP contribution in [-0.2, 0) is 27.4 Å². The summed E-state index contributed by atoms with van der Waals surface area (Å²) in [5.41, 5.74) is 0. The number of nitrogens with zero attached hydrogens (tertiary/aromatic N) is 2. The normalized spacial score (nSPS) is 16.0. The Morgan fingerprint density at radius 1 is 1.52 bits per heavy atom. The van der Waals surface area contributed by atoms with Crippen molar-refractivity contribution < 1.29 is 14.3 Å². The van der Waals surface area contributed by atoms with E-state index >= 15 is 0 Å². The van der Waals surface area contributed by atoms with Gasteiger partial charge in [-0.2, -0.15) is 0 Å². The SMILES string of the molecule is COCCNCc1nccn1CC(=O)NC1CCOCC1. The zero-order valence-corrected chi connectivity index (χ0v) is 12.5.